The van der Waals surface area contributed by atoms with Crippen molar-refractivity contribution in [2.75, 3.05) is 29.4 Å². The van der Waals surface area contributed by atoms with Gasteiger partial charge in [0.1, 0.15) is 6.33 Å². The molecular formula is C27H24N6O2. The molecule has 1 fully saturated rings. The SMILES string of the molecule is O=C(CN1c2ccccc2Cn2c1nc(-c1ccncn1)cc2=O)c1ccc(N2CCCC2)cc1. The summed E-state index contributed by atoms with van der Waals surface area (Å²) in [7, 11) is 0. The van der Waals surface area contributed by atoms with Crippen LogP contribution in [-0.2, 0) is 6.54 Å². The Morgan fingerprint density at radius 1 is 0.943 bits per heavy atom. The first kappa shape index (κ1) is 21.2. The van der Waals surface area contributed by atoms with E-state index in [0.717, 1.165) is 30.0 Å². The zero-order valence-corrected chi connectivity index (χ0v) is 19.2. The number of carbonyl (C=O) groups excluding carboxylic acids is 1. The maximum Gasteiger partial charge on any atom is 0.255 e. The highest BCUT2D eigenvalue weighted by atomic mass is 16.1. The first-order chi connectivity index (χ1) is 17.2. The smallest absolute Gasteiger partial charge is 0.255 e. The van der Waals surface area contributed by atoms with Crippen molar-refractivity contribution in [3.8, 4) is 11.4 Å². The second-order valence-corrected chi connectivity index (χ2v) is 8.84. The Morgan fingerprint density at radius 2 is 1.74 bits per heavy atom. The highest BCUT2D eigenvalue weighted by molar-refractivity contribution is 6.00. The fraction of sp³-hybridized carbons (Fsp3) is 0.222. The number of hydrogen-bond acceptors (Lipinski definition) is 7. The zero-order chi connectivity index (χ0) is 23.8. The van der Waals surface area contributed by atoms with E-state index < -0.39 is 0 Å². The summed E-state index contributed by atoms with van der Waals surface area (Å²) >= 11 is 0. The summed E-state index contributed by atoms with van der Waals surface area (Å²) in [6.45, 7) is 2.59. The van der Waals surface area contributed by atoms with Crippen LogP contribution in [0.1, 0.15) is 28.8 Å². The van der Waals surface area contributed by atoms with Gasteiger partial charge in [-0.1, -0.05) is 18.2 Å². The molecule has 2 aliphatic rings. The number of benzene rings is 2. The van der Waals surface area contributed by atoms with E-state index >= 15 is 0 Å². The topological polar surface area (TPSA) is 84.2 Å². The Hall–Kier alpha value is -4.33. The molecule has 2 aliphatic heterocycles. The molecule has 1 saturated heterocycles. The highest BCUT2D eigenvalue weighted by Gasteiger charge is 2.27. The quantitative estimate of drug-likeness (QED) is 0.417. The van der Waals surface area contributed by atoms with E-state index in [1.165, 1.54) is 25.2 Å². The zero-order valence-electron chi connectivity index (χ0n) is 19.2. The Morgan fingerprint density at radius 3 is 2.51 bits per heavy atom. The van der Waals surface area contributed by atoms with Gasteiger partial charge in [0.2, 0.25) is 5.95 Å². The number of aromatic nitrogens is 4. The van der Waals surface area contributed by atoms with Crippen LogP contribution in [0.25, 0.3) is 11.4 Å². The number of para-hydroxylation sites is 1. The summed E-state index contributed by atoms with van der Waals surface area (Å²) in [6.07, 6.45) is 5.45. The van der Waals surface area contributed by atoms with Gasteiger partial charge in [-0.05, 0) is 54.8 Å². The predicted octanol–water partition coefficient (Wildman–Crippen LogP) is 3.68. The molecule has 0 radical (unpaired) electrons. The van der Waals surface area contributed by atoms with Gasteiger partial charge in [0.15, 0.2) is 5.78 Å². The molecule has 0 amide bonds. The molecule has 4 heterocycles. The van der Waals surface area contributed by atoms with E-state index in [0.29, 0.717) is 29.4 Å². The minimum absolute atomic E-state index is 0.0390. The standard InChI is InChI=1S/C27H24N6O2/c34-25(19-7-9-21(10-8-19)31-13-3-4-14-31)17-32-24-6-2-1-5-20(24)16-33-26(35)15-23(30-27(32)33)22-11-12-28-18-29-22/h1-2,5-12,15,18H,3-4,13-14,16-17H2. The number of Topliss-reactive ketones (excluding diaryl/α,β-unsaturated/α-hetero) is 1. The van der Waals surface area contributed by atoms with Crippen LogP contribution in [0.3, 0.4) is 0 Å². The molecule has 0 saturated carbocycles. The van der Waals surface area contributed by atoms with Crippen LogP contribution in [0.5, 0.6) is 0 Å². The minimum Gasteiger partial charge on any atom is -0.372 e. The molecule has 35 heavy (non-hydrogen) atoms. The van der Waals surface area contributed by atoms with Crippen molar-refractivity contribution in [3.05, 3.63) is 94.7 Å². The third-order valence-electron chi connectivity index (χ3n) is 6.65. The molecular weight excluding hydrogens is 440 g/mol. The molecule has 6 rings (SSSR count). The number of anilines is 3. The lowest BCUT2D eigenvalue weighted by Crippen LogP contribution is -2.37. The highest BCUT2D eigenvalue weighted by Crippen LogP contribution is 2.33. The van der Waals surface area contributed by atoms with Gasteiger partial charge < -0.3 is 9.80 Å². The fourth-order valence-corrected chi connectivity index (χ4v) is 4.83. The second kappa shape index (κ2) is 8.79. The van der Waals surface area contributed by atoms with E-state index in [2.05, 4.69) is 14.9 Å². The lowest BCUT2D eigenvalue weighted by molar-refractivity contribution is 0.100. The number of ketones is 1. The van der Waals surface area contributed by atoms with Crippen molar-refractivity contribution in [1.29, 1.82) is 0 Å². The number of nitrogens with zero attached hydrogens (tertiary/aromatic N) is 6. The van der Waals surface area contributed by atoms with Crippen LogP contribution in [-0.4, -0.2) is 44.9 Å². The molecule has 0 spiro atoms. The molecule has 4 aromatic rings. The molecule has 8 nitrogen and oxygen atoms in total. The third kappa shape index (κ3) is 3.97. The minimum atomic E-state index is -0.189. The van der Waals surface area contributed by atoms with Gasteiger partial charge in [-0.3, -0.25) is 14.2 Å². The molecule has 0 aliphatic carbocycles. The van der Waals surface area contributed by atoms with Crippen LogP contribution >= 0.6 is 0 Å². The van der Waals surface area contributed by atoms with Crippen molar-refractivity contribution in [2.24, 2.45) is 0 Å². The van der Waals surface area contributed by atoms with E-state index in [1.807, 2.05) is 53.4 Å². The number of rotatable bonds is 5. The maximum absolute atomic E-state index is 13.4. The monoisotopic (exact) mass is 464 g/mol. The van der Waals surface area contributed by atoms with Crippen molar-refractivity contribution >= 4 is 23.1 Å². The number of fused-ring (bicyclic) bond motifs is 2. The van der Waals surface area contributed by atoms with E-state index in [4.69, 9.17) is 4.98 Å². The van der Waals surface area contributed by atoms with E-state index in [-0.39, 0.29) is 17.9 Å². The Bertz CT molecular complexity index is 1440. The first-order valence-corrected chi connectivity index (χ1v) is 11.8. The lowest BCUT2D eigenvalue weighted by Gasteiger charge is -2.32. The summed E-state index contributed by atoms with van der Waals surface area (Å²) in [6, 6.07) is 18.8. The number of hydrogen-bond donors (Lipinski definition) is 0. The van der Waals surface area contributed by atoms with Crippen LogP contribution < -0.4 is 15.4 Å². The van der Waals surface area contributed by atoms with Crippen LogP contribution in [0.15, 0.2) is 78.0 Å². The number of carbonyl (C=O) groups is 1. The molecule has 2 aromatic carbocycles. The van der Waals surface area contributed by atoms with Crippen LogP contribution in [0, 0.1) is 0 Å². The third-order valence-corrected chi connectivity index (χ3v) is 6.65. The molecule has 2 aromatic heterocycles. The largest absolute Gasteiger partial charge is 0.372 e. The molecule has 0 unspecified atom stereocenters. The Balaban J connectivity index is 1.37. The van der Waals surface area contributed by atoms with Crippen molar-refractivity contribution in [2.45, 2.75) is 19.4 Å². The van der Waals surface area contributed by atoms with Crippen molar-refractivity contribution in [1.82, 2.24) is 19.5 Å². The molecule has 174 valence electrons. The molecule has 0 bridgehead atoms. The maximum atomic E-state index is 13.4. The summed E-state index contributed by atoms with van der Waals surface area (Å²) < 4.78 is 1.61. The van der Waals surface area contributed by atoms with Crippen LogP contribution in [0.4, 0.5) is 17.3 Å². The first-order valence-electron chi connectivity index (χ1n) is 11.8. The summed E-state index contributed by atoms with van der Waals surface area (Å²) in [5, 5.41) is 0. The Labute approximate surface area is 202 Å². The average Bonchev–Trinajstić information content (AvgIpc) is 3.45. The second-order valence-electron chi connectivity index (χ2n) is 8.84. The van der Waals surface area contributed by atoms with Crippen LogP contribution in [0.2, 0.25) is 0 Å². The predicted molar refractivity (Wildman–Crippen MR) is 134 cm³/mol. The van der Waals surface area contributed by atoms with Crippen molar-refractivity contribution < 1.29 is 4.79 Å². The molecule has 0 N–H and O–H groups in total. The van der Waals surface area contributed by atoms with Gasteiger partial charge in [0.25, 0.3) is 5.56 Å². The lowest BCUT2D eigenvalue weighted by atomic mass is 10.1. The summed E-state index contributed by atoms with van der Waals surface area (Å²) in [5.74, 6) is 0.398. The fourth-order valence-electron chi connectivity index (χ4n) is 4.83. The molecule has 0 atom stereocenters. The van der Waals surface area contributed by atoms with Gasteiger partial charge in [0.05, 0.1) is 24.5 Å². The van der Waals surface area contributed by atoms with Gasteiger partial charge in [-0.2, -0.15) is 0 Å². The van der Waals surface area contributed by atoms with E-state index in [1.54, 1.807) is 16.8 Å². The average molecular weight is 465 g/mol. The van der Waals surface area contributed by atoms with E-state index in [9.17, 15) is 9.59 Å². The normalized spacial score (nSPS) is 14.5. The Kier molecular flexibility index (Phi) is 5.33. The summed E-state index contributed by atoms with van der Waals surface area (Å²) in [5.41, 5.74) is 4.45. The van der Waals surface area contributed by atoms with Gasteiger partial charge in [0, 0.05) is 42.3 Å². The summed E-state index contributed by atoms with van der Waals surface area (Å²) in [4.78, 5) is 43.7. The van der Waals surface area contributed by atoms with Gasteiger partial charge in [-0.25, -0.2) is 15.0 Å². The van der Waals surface area contributed by atoms with Crippen molar-refractivity contribution in [3.63, 3.8) is 0 Å². The van der Waals surface area contributed by atoms with Gasteiger partial charge in [-0.15, -0.1) is 0 Å². The van der Waals surface area contributed by atoms with Gasteiger partial charge >= 0.3 is 0 Å². The molecule has 8 heteroatoms.